The fraction of sp³-hybridized carbons (Fsp3) is 0.471. The molecule has 0 N–H and O–H groups in total. The molecule has 0 unspecified atom stereocenters. The predicted octanol–water partition coefficient (Wildman–Crippen LogP) is 3.44. The monoisotopic (exact) mass is 303 g/mol. The molecule has 0 aliphatic carbocycles. The normalized spacial score (nSPS) is 17.2. The third-order valence-corrected chi connectivity index (χ3v) is 3.60. The summed E-state index contributed by atoms with van der Waals surface area (Å²) in [6, 6.07) is 5.96. The van der Waals surface area contributed by atoms with E-state index in [0.29, 0.717) is 13.1 Å². The minimum Gasteiger partial charge on any atom is -0.454 e. The molecule has 5 heteroatoms. The first-order valence-electron chi connectivity index (χ1n) is 7.49. The van der Waals surface area contributed by atoms with E-state index in [9.17, 15) is 4.79 Å². The zero-order chi connectivity index (χ0) is 15.7. The van der Waals surface area contributed by atoms with Crippen LogP contribution in [0.2, 0.25) is 0 Å². The number of benzene rings is 1. The topological polar surface area (TPSA) is 48.0 Å². The summed E-state index contributed by atoms with van der Waals surface area (Å²) in [5, 5.41) is 0. The molecule has 2 heterocycles. The Morgan fingerprint density at radius 3 is 2.68 bits per heavy atom. The van der Waals surface area contributed by atoms with Gasteiger partial charge in [-0.2, -0.15) is 0 Å². The Morgan fingerprint density at radius 2 is 2.00 bits per heavy atom. The highest BCUT2D eigenvalue weighted by Crippen LogP contribution is 2.35. The highest BCUT2D eigenvalue weighted by molar-refractivity contribution is 5.73. The van der Waals surface area contributed by atoms with Crippen LogP contribution >= 0.6 is 0 Å². The number of amides is 1. The van der Waals surface area contributed by atoms with Gasteiger partial charge in [0.2, 0.25) is 6.79 Å². The highest BCUT2D eigenvalue weighted by Gasteiger charge is 2.24. The van der Waals surface area contributed by atoms with Crippen LogP contribution in [-0.2, 0) is 4.74 Å². The van der Waals surface area contributed by atoms with E-state index in [1.54, 1.807) is 4.90 Å². The zero-order valence-corrected chi connectivity index (χ0v) is 13.2. The molecule has 1 amide bonds. The van der Waals surface area contributed by atoms with Crippen LogP contribution in [0, 0.1) is 0 Å². The minimum atomic E-state index is -0.460. The first kappa shape index (κ1) is 14.8. The first-order valence-corrected chi connectivity index (χ1v) is 7.49. The van der Waals surface area contributed by atoms with E-state index in [4.69, 9.17) is 14.2 Å². The van der Waals surface area contributed by atoms with Crippen LogP contribution in [0.3, 0.4) is 0 Å². The molecule has 1 aromatic rings. The van der Waals surface area contributed by atoms with E-state index in [1.807, 2.05) is 39.0 Å². The Kier molecular flexibility index (Phi) is 3.72. The molecule has 5 nitrogen and oxygen atoms in total. The van der Waals surface area contributed by atoms with E-state index in [1.165, 1.54) is 5.57 Å². The molecule has 2 aliphatic rings. The van der Waals surface area contributed by atoms with Gasteiger partial charge >= 0.3 is 6.09 Å². The lowest BCUT2D eigenvalue weighted by atomic mass is 9.99. The van der Waals surface area contributed by atoms with Crippen LogP contribution in [0.5, 0.6) is 11.5 Å². The molecular weight excluding hydrogens is 282 g/mol. The van der Waals surface area contributed by atoms with E-state index < -0.39 is 5.60 Å². The van der Waals surface area contributed by atoms with Crippen molar-refractivity contribution in [1.82, 2.24) is 4.90 Å². The lowest BCUT2D eigenvalue weighted by Crippen LogP contribution is -2.39. The maximum Gasteiger partial charge on any atom is 0.410 e. The van der Waals surface area contributed by atoms with Crippen LogP contribution in [0.15, 0.2) is 24.3 Å². The molecule has 0 fully saturated rings. The van der Waals surface area contributed by atoms with Crippen molar-refractivity contribution in [3.8, 4) is 11.5 Å². The summed E-state index contributed by atoms with van der Waals surface area (Å²) in [4.78, 5) is 13.8. The van der Waals surface area contributed by atoms with Gasteiger partial charge in [-0.3, -0.25) is 0 Å². The zero-order valence-electron chi connectivity index (χ0n) is 13.2. The second-order valence-electron chi connectivity index (χ2n) is 6.47. The van der Waals surface area contributed by atoms with Crippen LogP contribution in [0.25, 0.3) is 5.57 Å². The Labute approximate surface area is 130 Å². The van der Waals surface area contributed by atoms with Gasteiger partial charge < -0.3 is 19.1 Å². The summed E-state index contributed by atoms with van der Waals surface area (Å²) < 4.78 is 16.1. The van der Waals surface area contributed by atoms with Gasteiger partial charge in [0.25, 0.3) is 0 Å². The van der Waals surface area contributed by atoms with Gasteiger partial charge in [0.1, 0.15) is 5.60 Å². The number of carbonyl (C=O) groups is 1. The SMILES string of the molecule is CC(C)(C)OC(=O)N1CC=C(c2ccc3c(c2)OCO3)CC1. The molecule has 0 spiro atoms. The molecule has 2 aliphatic heterocycles. The average molecular weight is 303 g/mol. The van der Waals surface area contributed by atoms with Gasteiger partial charge in [-0.1, -0.05) is 12.1 Å². The minimum absolute atomic E-state index is 0.256. The van der Waals surface area contributed by atoms with Crippen LogP contribution in [-0.4, -0.2) is 36.5 Å². The fourth-order valence-corrected chi connectivity index (χ4v) is 2.52. The van der Waals surface area contributed by atoms with Crippen molar-refractivity contribution >= 4 is 11.7 Å². The summed E-state index contributed by atoms with van der Waals surface area (Å²) in [5.74, 6) is 1.57. The lowest BCUT2D eigenvalue weighted by Gasteiger charge is -2.29. The summed E-state index contributed by atoms with van der Waals surface area (Å²) >= 11 is 0. The number of fused-ring (bicyclic) bond motifs is 1. The summed E-state index contributed by atoms with van der Waals surface area (Å²) in [5.41, 5.74) is 1.88. The Morgan fingerprint density at radius 1 is 1.23 bits per heavy atom. The van der Waals surface area contributed by atoms with Gasteiger partial charge in [-0.15, -0.1) is 0 Å². The molecular formula is C17H21NO4. The Bertz CT molecular complexity index is 616. The van der Waals surface area contributed by atoms with Gasteiger partial charge in [0.15, 0.2) is 11.5 Å². The van der Waals surface area contributed by atoms with Gasteiger partial charge in [0.05, 0.1) is 0 Å². The smallest absolute Gasteiger partial charge is 0.410 e. The van der Waals surface area contributed by atoms with Crippen molar-refractivity contribution in [3.63, 3.8) is 0 Å². The van der Waals surface area contributed by atoms with Crippen molar-refractivity contribution in [2.45, 2.75) is 32.8 Å². The summed E-state index contributed by atoms with van der Waals surface area (Å²) in [6.07, 6.45) is 2.62. The molecule has 1 aromatic carbocycles. The predicted molar refractivity (Wildman–Crippen MR) is 83.0 cm³/mol. The van der Waals surface area contributed by atoms with E-state index >= 15 is 0 Å². The maximum atomic E-state index is 12.0. The van der Waals surface area contributed by atoms with Crippen LogP contribution < -0.4 is 9.47 Å². The Balaban J connectivity index is 1.67. The number of nitrogens with zero attached hydrogens (tertiary/aromatic N) is 1. The average Bonchev–Trinajstić information content (AvgIpc) is 2.93. The molecule has 0 saturated carbocycles. The van der Waals surface area contributed by atoms with Crippen LogP contribution in [0.1, 0.15) is 32.8 Å². The van der Waals surface area contributed by atoms with Gasteiger partial charge in [-0.05, 0) is 50.5 Å². The molecule has 22 heavy (non-hydrogen) atoms. The van der Waals surface area contributed by atoms with Gasteiger partial charge in [0, 0.05) is 13.1 Å². The molecule has 0 atom stereocenters. The third-order valence-electron chi connectivity index (χ3n) is 3.60. The van der Waals surface area contributed by atoms with Gasteiger partial charge in [-0.25, -0.2) is 4.79 Å². The maximum absolute atomic E-state index is 12.0. The van der Waals surface area contributed by atoms with Crippen LogP contribution in [0.4, 0.5) is 4.79 Å². The third kappa shape index (κ3) is 3.18. The molecule has 0 bridgehead atoms. The number of hydrogen-bond donors (Lipinski definition) is 0. The van der Waals surface area contributed by atoms with Crippen molar-refractivity contribution < 1.29 is 19.0 Å². The van der Waals surface area contributed by atoms with Crippen molar-refractivity contribution in [2.75, 3.05) is 19.9 Å². The quantitative estimate of drug-likeness (QED) is 0.797. The number of carbonyl (C=O) groups excluding carboxylic acids is 1. The number of hydrogen-bond acceptors (Lipinski definition) is 4. The standard InChI is InChI=1S/C17H21NO4/c1-17(2,3)22-16(19)18-8-6-12(7-9-18)13-4-5-14-15(10-13)21-11-20-14/h4-6,10H,7-9,11H2,1-3H3. The summed E-state index contributed by atoms with van der Waals surface area (Å²) in [6.45, 7) is 7.15. The molecule has 0 radical (unpaired) electrons. The number of rotatable bonds is 1. The largest absolute Gasteiger partial charge is 0.454 e. The molecule has 118 valence electrons. The fourth-order valence-electron chi connectivity index (χ4n) is 2.52. The lowest BCUT2D eigenvalue weighted by molar-refractivity contribution is 0.0270. The van der Waals surface area contributed by atoms with E-state index in [2.05, 4.69) is 6.08 Å². The second-order valence-corrected chi connectivity index (χ2v) is 6.47. The molecule has 0 saturated heterocycles. The van der Waals surface area contributed by atoms with Crippen molar-refractivity contribution in [1.29, 1.82) is 0 Å². The molecule has 3 rings (SSSR count). The Hall–Kier alpha value is -2.17. The van der Waals surface area contributed by atoms with E-state index in [-0.39, 0.29) is 12.9 Å². The van der Waals surface area contributed by atoms with Crippen molar-refractivity contribution in [3.05, 3.63) is 29.8 Å². The van der Waals surface area contributed by atoms with E-state index in [0.717, 1.165) is 23.5 Å². The number of ether oxygens (including phenoxy) is 3. The molecule has 0 aromatic heterocycles. The summed E-state index contributed by atoms with van der Waals surface area (Å²) in [7, 11) is 0. The first-order chi connectivity index (χ1) is 10.4. The highest BCUT2D eigenvalue weighted by atomic mass is 16.7. The second kappa shape index (κ2) is 5.55. The van der Waals surface area contributed by atoms with Crippen molar-refractivity contribution in [2.24, 2.45) is 0 Å².